The van der Waals surface area contributed by atoms with Crippen LogP contribution in [0.2, 0.25) is 0 Å². The van der Waals surface area contributed by atoms with E-state index in [0.717, 1.165) is 0 Å². The minimum Gasteiger partial charge on any atom is -0.355 e. The lowest BCUT2D eigenvalue weighted by molar-refractivity contribution is 0.745. The summed E-state index contributed by atoms with van der Waals surface area (Å²) < 4.78 is 0. The second-order valence-electron chi connectivity index (χ2n) is 7.12. The molecule has 0 fully saturated rings. The molecule has 0 radical (unpaired) electrons. The first-order valence-corrected chi connectivity index (χ1v) is 9.14. The van der Waals surface area contributed by atoms with Gasteiger partial charge in [0.25, 0.3) is 0 Å². The largest absolute Gasteiger partial charge is 0.355 e. The lowest BCUT2D eigenvalue weighted by Gasteiger charge is -2.28. The highest BCUT2D eigenvalue weighted by atomic mass is 15.2. The number of para-hydroxylation sites is 2. The third-order valence-electron chi connectivity index (χ3n) is 5.73. The van der Waals surface area contributed by atoms with Crippen molar-refractivity contribution in [2.45, 2.75) is 12.0 Å². The highest BCUT2D eigenvalue weighted by Gasteiger charge is 2.36. The van der Waals surface area contributed by atoms with Crippen molar-refractivity contribution in [1.29, 1.82) is 0 Å². The molecule has 0 amide bonds. The molecule has 1 aromatic heterocycles. The Balaban J connectivity index is 1.59. The molecule has 2 heteroatoms. The molecule has 2 aliphatic rings. The molecule has 3 aromatic carbocycles. The maximum absolute atomic E-state index is 3.53. The van der Waals surface area contributed by atoms with Gasteiger partial charge in [-0.15, -0.1) is 0 Å². The Hall–Kier alpha value is -3.26. The standard InChI is InChI=1S/C24H18N2/c1-4-10-21-17(7-1)20-15-16(13-14-22(20)25-21)26-23-11-5-2-8-18(23)19-9-3-6-12-24(19)26/h1-15,18,23,25H. The van der Waals surface area contributed by atoms with Gasteiger partial charge in [0.2, 0.25) is 0 Å². The molecule has 2 unspecified atom stereocenters. The van der Waals surface area contributed by atoms with E-state index in [1.807, 2.05) is 0 Å². The molecule has 124 valence electrons. The van der Waals surface area contributed by atoms with Crippen LogP contribution in [-0.4, -0.2) is 11.0 Å². The summed E-state index contributed by atoms with van der Waals surface area (Å²) in [7, 11) is 0. The lowest BCUT2D eigenvalue weighted by Crippen LogP contribution is -2.28. The molecule has 0 bridgehead atoms. The summed E-state index contributed by atoms with van der Waals surface area (Å²) in [5.41, 5.74) is 6.37. The van der Waals surface area contributed by atoms with E-state index in [1.165, 1.54) is 38.7 Å². The van der Waals surface area contributed by atoms with Crippen molar-refractivity contribution in [1.82, 2.24) is 4.98 Å². The molecular weight excluding hydrogens is 316 g/mol. The second-order valence-corrected chi connectivity index (χ2v) is 7.12. The van der Waals surface area contributed by atoms with E-state index < -0.39 is 0 Å². The molecule has 0 spiro atoms. The van der Waals surface area contributed by atoms with Crippen LogP contribution in [0.3, 0.4) is 0 Å². The second kappa shape index (κ2) is 5.12. The number of aromatic amines is 1. The van der Waals surface area contributed by atoms with Crippen LogP contribution in [0.5, 0.6) is 0 Å². The summed E-state index contributed by atoms with van der Waals surface area (Å²) in [4.78, 5) is 6.01. The summed E-state index contributed by atoms with van der Waals surface area (Å²) in [6.45, 7) is 0. The summed E-state index contributed by atoms with van der Waals surface area (Å²) in [6.07, 6.45) is 8.99. The first kappa shape index (κ1) is 14.0. The van der Waals surface area contributed by atoms with Crippen LogP contribution in [0, 0.1) is 0 Å². The molecule has 0 saturated heterocycles. The SMILES string of the molecule is C1=CC2c3ccccc3N(c3ccc4[nH]c5ccccc5c4c3)C2C=C1. The number of aromatic nitrogens is 1. The molecule has 2 atom stereocenters. The Kier molecular flexibility index (Phi) is 2.75. The molecule has 0 saturated carbocycles. The number of benzene rings is 3. The molecule has 1 aliphatic heterocycles. The average Bonchev–Trinajstić information content (AvgIpc) is 3.23. The number of rotatable bonds is 1. The van der Waals surface area contributed by atoms with Crippen LogP contribution in [0.25, 0.3) is 21.8 Å². The maximum atomic E-state index is 3.53. The van der Waals surface area contributed by atoms with Crippen LogP contribution in [-0.2, 0) is 0 Å². The van der Waals surface area contributed by atoms with Crippen LogP contribution in [0.4, 0.5) is 11.4 Å². The molecule has 26 heavy (non-hydrogen) atoms. The predicted octanol–water partition coefficient (Wildman–Crippen LogP) is 6.05. The van der Waals surface area contributed by atoms with Crippen molar-refractivity contribution >= 4 is 33.2 Å². The van der Waals surface area contributed by atoms with E-state index in [0.29, 0.717) is 12.0 Å². The van der Waals surface area contributed by atoms with Gasteiger partial charge in [0.1, 0.15) is 0 Å². The van der Waals surface area contributed by atoms with Crippen LogP contribution < -0.4 is 4.90 Å². The van der Waals surface area contributed by atoms with Gasteiger partial charge in [0, 0.05) is 39.1 Å². The first-order valence-electron chi connectivity index (χ1n) is 9.14. The van der Waals surface area contributed by atoms with Gasteiger partial charge in [0.15, 0.2) is 0 Å². The van der Waals surface area contributed by atoms with E-state index in [2.05, 4.69) is 101 Å². The zero-order chi connectivity index (χ0) is 17.1. The Bertz CT molecular complexity index is 1210. The Morgan fingerprint density at radius 3 is 2.54 bits per heavy atom. The van der Waals surface area contributed by atoms with Crippen molar-refractivity contribution in [3.8, 4) is 0 Å². The third-order valence-corrected chi connectivity index (χ3v) is 5.73. The summed E-state index contributed by atoms with van der Waals surface area (Å²) in [5.74, 6) is 0.426. The summed E-state index contributed by atoms with van der Waals surface area (Å²) in [5, 5.41) is 2.57. The first-order chi connectivity index (χ1) is 12.9. The zero-order valence-electron chi connectivity index (χ0n) is 14.3. The Morgan fingerprint density at radius 2 is 1.54 bits per heavy atom. The Morgan fingerprint density at radius 1 is 0.731 bits per heavy atom. The molecule has 2 nitrogen and oxygen atoms in total. The van der Waals surface area contributed by atoms with Gasteiger partial charge in [-0.3, -0.25) is 0 Å². The van der Waals surface area contributed by atoms with Gasteiger partial charge in [0.05, 0.1) is 6.04 Å². The molecule has 2 heterocycles. The van der Waals surface area contributed by atoms with E-state index in [9.17, 15) is 0 Å². The van der Waals surface area contributed by atoms with Crippen molar-refractivity contribution in [3.63, 3.8) is 0 Å². The topological polar surface area (TPSA) is 19.0 Å². The van der Waals surface area contributed by atoms with Gasteiger partial charge in [-0.05, 0) is 35.9 Å². The van der Waals surface area contributed by atoms with Crippen LogP contribution >= 0.6 is 0 Å². The van der Waals surface area contributed by atoms with Gasteiger partial charge >= 0.3 is 0 Å². The van der Waals surface area contributed by atoms with E-state index in [1.54, 1.807) is 0 Å². The number of anilines is 2. The molecule has 1 aliphatic carbocycles. The van der Waals surface area contributed by atoms with Gasteiger partial charge in [-0.25, -0.2) is 0 Å². The van der Waals surface area contributed by atoms with E-state index >= 15 is 0 Å². The quantitative estimate of drug-likeness (QED) is 0.449. The van der Waals surface area contributed by atoms with Gasteiger partial charge in [-0.2, -0.15) is 0 Å². The minimum absolute atomic E-state index is 0.347. The fourth-order valence-electron chi connectivity index (χ4n) is 4.58. The monoisotopic (exact) mass is 334 g/mol. The molecule has 1 N–H and O–H groups in total. The fourth-order valence-corrected chi connectivity index (χ4v) is 4.58. The smallest absolute Gasteiger partial charge is 0.0629 e. The summed E-state index contributed by atoms with van der Waals surface area (Å²) in [6, 6.07) is 24.5. The highest BCUT2D eigenvalue weighted by molar-refractivity contribution is 6.08. The van der Waals surface area contributed by atoms with Crippen molar-refractivity contribution in [2.75, 3.05) is 4.90 Å². The number of hydrogen-bond donors (Lipinski definition) is 1. The predicted molar refractivity (Wildman–Crippen MR) is 109 cm³/mol. The van der Waals surface area contributed by atoms with Gasteiger partial charge in [-0.1, -0.05) is 60.7 Å². The summed E-state index contributed by atoms with van der Waals surface area (Å²) >= 11 is 0. The number of allylic oxidation sites excluding steroid dienone is 2. The Labute approximate surface area is 152 Å². The average molecular weight is 334 g/mol. The number of hydrogen-bond acceptors (Lipinski definition) is 1. The zero-order valence-corrected chi connectivity index (χ0v) is 14.3. The molecule has 4 aromatic rings. The molecule has 6 rings (SSSR count). The lowest BCUT2D eigenvalue weighted by atomic mass is 9.91. The van der Waals surface area contributed by atoms with E-state index in [-0.39, 0.29) is 0 Å². The fraction of sp³-hybridized carbons (Fsp3) is 0.0833. The number of nitrogens with one attached hydrogen (secondary N) is 1. The molecular formula is C24H18N2. The van der Waals surface area contributed by atoms with Crippen molar-refractivity contribution in [3.05, 3.63) is 96.6 Å². The maximum Gasteiger partial charge on any atom is 0.0629 e. The van der Waals surface area contributed by atoms with Crippen LogP contribution in [0.15, 0.2) is 91.0 Å². The number of nitrogens with zero attached hydrogens (tertiary/aromatic N) is 1. The van der Waals surface area contributed by atoms with Crippen LogP contribution in [0.1, 0.15) is 11.5 Å². The normalized spacial score (nSPS) is 20.7. The third kappa shape index (κ3) is 1.81. The highest BCUT2D eigenvalue weighted by Crippen LogP contribution is 2.48. The van der Waals surface area contributed by atoms with Gasteiger partial charge < -0.3 is 9.88 Å². The van der Waals surface area contributed by atoms with Crippen molar-refractivity contribution in [2.24, 2.45) is 0 Å². The number of H-pyrrole nitrogens is 1. The van der Waals surface area contributed by atoms with Crippen molar-refractivity contribution < 1.29 is 0 Å². The van der Waals surface area contributed by atoms with E-state index in [4.69, 9.17) is 0 Å². The minimum atomic E-state index is 0.347. The number of fused-ring (bicyclic) bond motifs is 6.